The highest BCUT2D eigenvalue weighted by Crippen LogP contribution is 2.20. The largest absolute Gasteiger partial charge is 0.444 e. The summed E-state index contributed by atoms with van der Waals surface area (Å²) in [4.78, 5) is 31.5. The van der Waals surface area contributed by atoms with Crippen LogP contribution in [0.4, 0.5) is 10.6 Å². The first-order valence-electron chi connectivity index (χ1n) is 7.88. The number of ether oxygens (including phenoxy) is 1. The lowest BCUT2D eigenvalue weighted by molar-refractivity contribution is -0.116. The van der Waals surface area contributed by atoms with E-state index < -0.39 is 5.60 Å². The van der Waals surface area contributed by atoms with E-state index in [1.807, 2.05) is 32.9 Å². The van der Waals surface area contributed by atoms with Gasteiger partial charge in [-0.15, -0.1) is 0 Å². The van der Waals surface area contributed by atoms with Crippen molar-refractivity contribution in [2.24, 2.45) is 0 Å². The molecule has 0 fully saturated rings. The summed E-state index contributed by atoms with van der Waals surface area (Å²) in [6, 6.07) is 3.85. The van der Waals surface area contributed by atoms with E-state index in [1.165, 1.54) is 11.8 Å². The third kappa shape index (κ3) is 4.43. The summed E-state index contributed by atoms with van der Waals surface area (Å²) in [6.07, 6.45) is 1.12. The molecule has 0 aromatic carbocycles. The summed E-state index contributed by atoms with van der Waals surface area (Å²) in [6.45, 7) is 8.29. The average Bonchev–Trinajstić information content (AvgIpc) is 2.66. The van der Waals surface area contributed by atoms with Crippen LogP contribution in [-0.4, -0.2) is 47.6 Å². The van der Waals surface area contributed by atoms with Crippen molar-refractivity contribution in [2.75, 3.05) is 25.0 Å². The Bertz CT molecular complexity index is 608. The van der Waals surface area contributed by atoms with Crippen LogP contribution < -0.4 is 4.90 Å². The van der Waals surface area contributed by atoms with E-state index in [2.05, 4.69) is 4.98 Å². The molecule has 0 radical (unpaired) electrons. The normalized spacial score (nSPS) is 14.7. The van der Waals surface area contributed by atoms with E-state index >= 15 is 0 Å². The maximum Gasteiger partial charge on any atom is 0.410 e. The molecule has 0 spiro atoms. The summed E-state index contributed by atoms with van der Waals surface area (Å²) >= 11 is 0. The molecule has 0 N–H and O–H groups in total. The number of hydrogen-bond donors (Lipinski definition) is 0. The number of anilines is 1. The number of fused-ring (bicyclic) bond motifs is 1. The number of aromatic nitrogens is 1. The average molecular weight is 319 g/mol. The van der Waals surface area contributed by atoms with E-state index in [1.54, 1.807) is 11.9 Å². The second-order valence-electron chi connectivity index (χ2n) is 6.82. The smallest absolute Gasteiger partial charge is 0.410 e. The minimum atomic E-state index is -0.494. The Balaban J connectivity index is 2.11. The molecule has 1 aliphatic heterocycles. The highest BCUT2D eigenvalue weighted by molar-refractivity contribution is 5.89. The second kappa shape index (κ2) is 6.56. The van der Waals surface area contributed by atoms with Crippen molar-refractivity contribution in [1.29, 1.82) is 0 Å². The molecule has 0 saturated carbocycles. The topological polar surface area (TPSA) is 62.7 Å². The number of rotatable bonds is 1. The van der Waals surface area contributed by atoms with Crippen LogP contribution in [0, 0.1) is 0 Å². The van der Waals surface area contributed by atoms with E-state index in [-0.39, 0.29) is 12.0 Å². The van der Waals surface area contributed by atoms with Gasteiger partial charge < -0.3 is 14.5 Å². The van der Waals surface area contributed by atoms with Gasteiger partial charge in [0.25, 0.3) is 0 Å². The molecule has 6 nitrogen and oxygen atoms in total. The zero-order valence-electron chi connectivity index (χ0n) is 14.5. The van der Waals surface area contributed by atoms with Gasteiger partial charge in [-0.25, -0.2) is 9.78 Å². The summed E-state index contributed by atoms with van der Waals surface area (Å²) in [5.41, 5.74) is 1.57. The van der Waals surface area contributed by atoms with Crippen LogP contribution in [0.2, 0.25) is 0 Å². The van der Waals surface area contributed by atoms with Crippen LogP contribution in [0.25, 0.3) is 0 Å². The summed E-state index contributed by atoms with van der Waals surface area (Å²) < 4.78 is 5.44. The third-order valence-electron chi connectivity index (χ3n) is 3.79. The molecule has 0 atom stereocenters. The van der Waals surface area contributed by atoms with E-state index in [9.17, 15) is 9.59 Å². The van der Waals surface area contributed by atoms with E-state index in [0.29, 0.717) is 25.3 Å². The molecule has 0 bridgehead atoms. The lowest BCUT2D eigenvalue weighted by Crippen LogP contribution is -2.38. The van der Waals surface area contributed by atoms with Crippen LogP contribution in [0.3, 0.4) is 0 Å². The van der Waals surface area contributed by atoms with Crippen LogP contribution in [-0.2, 0) is 22.4 Å². The number of nitrogens with zero attached hydrogens (tertiary/aromatic N) is 3. The summed E-state index contributed by atoms with van der Waals surface area (Å²) in [5, 5.41) is 0. The fraction of sp³-hybridized carbons (Fsp3) is 0.588. The first kappa shape index (κ1) is 17.2. The molecule has 126 valence electrons. The van der Waals surface area contributed by atoms with Gasteiger partial charge in [-0.3, -0.25) is 4.79 Å². The van der Waals surface area contributed by atoms with Gasteiger partial charge in [0.15, 0.2) is 0 Å². The van der Waals surface area contributed by atoms with Gasteiger partial charge in [0.2, 0.25) is 5.91 Å². The first-order chi connectivity index (χ1) is 10.7. The summed E-state index contributed by atoms with van der Waals surface area (Å²) in [5.74, 6) is 0.587. The van der Waals surface area contributed by atoms with Crippen molar-refractivity contribution < 1.29 is 14.3 Å². The molecule has 2 heterocycles. The number of hydrogen-bond acceptors (Lipinski definition) is 4. The van der Waals surface area contributed by atoms with Crippen molar-refractivity contribution in [2.45, 2.75) is 46.1 Å². The fourth-order valence-corrected chi connectivity index (χ4v) is 2.43. The molecule has 0 unspecified atom stereocenters. The van der Waals surface area contributed by atoms with Gasteiger partial charge in [-0.05, 0) is 38.8 Å². The molecular formula is C17H25N3O3. The highest BCUT2D eigenvalue weighted by Gasteiger charge is 2.24. The molecule has 1 aromatic heterocycles. The maximum absolute atomic E-state index is 12.2. The third-order valence-corrected chi connectivity index (χ3v) is 3.79. The van der Waals surface area contributed by atoms with Crippen LogP contribution in [0.1, 0.15) is 39.0 Å². The Morgan fingerprint density at radius 1 is 1.22 bits per heavy atom. The molecule has 2 rings (SSSR count). The Morgan fingerprint density at radius 3 is 2.48 bits per heavy atom. The zero-order valence-corrected chi connectivity index (χ0v) is 14.5. The van der Waals surface area contributed by atoms with Crippen molar-refractivity contribution >= 4 is 17.8 Å². The van der Waals surface area contributed by atoms with Gasteiger partial charge in [0.05, 0.1) is 0 Å². The van der Waals surface area contributed by atoms with Gasteiger partial charge in [0, 0.05) is 39.2 Å². The van der Waals surface area contributed by atoms with E-state index in [4.69, 9.17) is 4.74 Å². The Labute approximate surface area is 137 Å². The quantitative estimate of drug-likeness (QED) is 0.797. The molecule has 1 aliphatic rings. The highest BCUT2D eigenvalue weighted by atomic mass is 16.6. The Hall–Kier alpha value is -2.11. The van der Waals surface area contributed by atoms with E-state index in [0.717, 1.165) is 17.7 Å². The maximum atomic E-state index is 12.2. The lowest BCUT2D eigenvalue weighted by atomic mass is 10.1. The zero-order chi connectivity index (χ0) is 17.2. The minimum Gasteiger partial charge on any atom is -0.444 e. The number of amides is 2. The van der Waals surface area contributed by atoms with Crippen molar-refractivity contribution in [1.82, 2.24) is 9.88 Å². The standard InChI is InChI=1S/C17H25N3O3/c1-12(21)19(5)15-7-6-13-8-10-20(11-9-14(13)18-15)16(22)23-17(2,3)4/h6-7H,8-11H2,1-5H3. The molecule has 1 aromatic rings. The van der Waals surface area contributed by atoms with Crippen molar-refractivity contribution in [3.05, 3.63) is 23.4 Å². The van der Waals surface area contributed by atoms with Crippen LogP contribution in [0.15, 0.2) is 12.1 Å². The Morgan fingerprint density at radius 2 is 1.87 bits per heavy atom. The molecule has 23 heavy (non-hydrogen) atoms. The van der Waals surface area contributed by atoms with Crippen molar-refractivity contribution in [3.63, 3.8) is 0 Å². The fourth-order valence-electron chi connectivity index (χ4n) is 2.43. The second-order valence-corrected chi connectivity index (χ2v) is 6.82. The molecule has 0 saturated heterocycles. The van der Waals surface area contributed by atoms with Gasteiger partial charge in [0.1, 0.15) is 11.4 Å². The van der Waals surface area contributed by atoms with Gasteiger partial charge in [-0.1, -0.05) is 6.07 Å². The van der Waals surface area contributed by atoms with Gasteiger partial charge >= 0.3 is 6.09 Å². The predicted octanol–water partition coefficient (Wildman–Crippen LogP) is 2.40. The monoisotopic (exact) mass is 319 g/mol. The minimum absolute atomic E-state index is 0.0542. The van der Waals surface area contributed by atoms with Crippen molar-refractivity contribution in [3.8, 4) is 0 Å². The molecular weight excluding hydrogens is 294 g/mol. The molecule has 2 amide bonds. The SMILES string of the molecule is CC(=O)N(C)c1ccc2c(n1)CCN(C(=O)OC(C)(C)C)CC2. The van der Waals surface area contributed by atoms with Crippen LogP contribution >= 0.6 is 0 Å². The number of carbonyl (C=O) groups excluding carboxylic acids is 2. The molecule has 0 aliphatic carbocycles. The lowest BCUT2D eigenvalue weighted by Gasteiger charge is -2.26. The van der Waals surface area contributed by atoms with Gasteiger partial charge in [-0.2, -0.15) is 0 Å². The predicted molar refractivity (Wildman–Crippen MR) is 88.5 cm³/mol. The van der Waals surface area contributed by atoms with Crippen LogP contribution in [0.5, 0.6) is 0 Å². The number of pyridine rings is 1. The summed E-state index contributed by atoms with van der Waals surface area (Å²) in [7, 11) is 1.71. The number of carbonyl (C=O) groups is 2. The first-order valence-corrected chi connectivity index (χ1v) is 7.88. The Kier molecular flexibility index (Phi) is 4.92. The molecule has 6 heteroatoms.